The molecule has 0 saturated heterocycles. The van der Waals surface area contributed by atoms with E-state index in [2.05, 4.69) is 29.6 Å². The van der Waals surface area contributed by atoms with Crippen LogP contribution in [-0.2, 0) is 6.54 Å². The molecule has 0 spiro atoms. The maximum absolute atomic E-state index is 13.2. The number of hydrogen-bond donors (Lipinski definition) is 2. The Balaban J connectivity index is 1.59. The van der Waals surface area contributed by atoms with Crippen molar-refractivity contribution in [2.75, 3.05) is 6.54 Å². The molecule has 3 rings (SSSR count). The Morgan fingerprint density at radius 3 is 2.32 bits per heavy atom. The summed E-state index contributed by atoms with van der Waals surface area (Å²) in [5, 5.41) is 13.2. The number of rotatable bonds is 6. The van der Waals surface area contributed by atoms with Crippen LogP contribution in [0.4, 0.5) is 8.78 Å². The zero-order valence-corrected chi connectivity index (χ0v) is 13.6. The van der Waals surface area contributed by atoms with Crippen LogP contribution >= 0.6 is 0 Å². The Bertz CT molecular complexity index is 836. The van der Waals surface area contributed by atoms with Gasteiger partial charge < -0.3 is 10.4 Å². The number of benzene rings is 3. The molecule has 128 valence electrons. The Morgan fingerprint density at radius 2 is 1.56 bits per heavy atom. The van der Waals surface area contributed by atoms with Gasteiger partial charge in [0.15, 0.2) is 11.6 Å². The van der Waals surface area contributed by atoms with Crippen LogP contribution in [0.3, 0.4) is 0 Å². The largest absolute Gasteiger partial charge is 0.387 e. The zero-order valence-electron chi connectivity index (χ0n) is 13.6. The molecule has 25 heavy (non-hydrogen) atoms. The van der Waals surface area contributed by atoms with Crippen LogP contribution in [0.25, 0.3) is 11.1 Å². The second-order valence-corrected chi connectivity index (χ2v) is 5.89. The van der Waals surface area contributed by atoms with Crippen LogP contribution in [-0.4, -0.2) is 11.7 Å². The number of aliphatic hydroxyl groups excluding tert-OH is 1. The van der Waals surface area contributed by atoms with Crippen molar-refractivity contribution in [3.63, 3.8) is 0 Å². The Morgan fingerprint density at radius 1 is 0.800 bits per heavy atom. The van der Waals surface area contributed by atoms with E-state index in [4.69, 9.17) is 0 Å². The summed E-state index contributed by atoms with van der Waals surface area (Å²) in [4.78, 5) is 0. The monoisotopic (exact) mass is 339 g/mol. The van der Waals surface area contributed by atoms with E-state index < -0.39 is 17.7 Å². The first-order valence-electron chi connectivity index (χ1n) is 8.11. The van der Waals surface area contributed by atoms with Gasteiger partial charge in [0, 0.05) is 13.1 Å². The Kier molecular flexibility index (Phi) is 5.53. The lowest BCUT2D eigenvalue weighted by Crippen LogP contribution is -2.21. The molecule has 0 fully saturated rings. The van der Waals surface area contributed by atoms with Crippen LogP contribution in [0.5, 0.6) is 0 Å². The number of halogens is 2. The lowest BCUT2D eigenvalue weighted by molar-refractivity contribution is 0.173. The SMILES string of the molecule is OC(CNCc1cccc(-c2ccccc2)c1)c1ccc(F)c(F)c1. The van der Waals surface area contributed by atoms with Crippen molar-refractivity contribution in [1.82, 2.24) is 5.32 Å². The van der Waals surface area contributed by atoms with Gasteiger partial charge in [-0.05, 0) is 40.5 Å². The molecule has 0 aliphatic carbocycles. The van der Waals surface area contributed by atoms with Gasteiger partial charge in [-0.25, -0.2) is 8.78 Å². The molecule has 1 atom stereocenters. The molecule has 2 nitrogen and oxygen atoms in total. The molecule has 4 heteroatoms. The number of hydrogen-bond acceptors (Lipinski definition) is 2. The van der Waals surface area contributed by atoms with Crippen LogP contribution in [0.2, 0.25) is 0 Å². The average Bonchev–Trinajstić information content (AvgIpc) is 2.65. The van der Waals surface area contributed by atoms with E-state index in [0.717, 1.165) is 28.8 Å². The minimum atomic E-state index is -0.952. The van der Waals surface area contributed by atoms with E-state index in [9.17, 15) is 13.9 Å². The highest BCUT2D eigenvalue weighted by Crippen LogP contribution is 2.20. The van der Waals surface area contributed by atoms with Gasteiger partial charge in [0.2, 0.25) is 0 Å². The molecule has 1 unspecified atom stereocenters. The van der Waals surface area contributed by atoms with E-state index in [0.29, 0.717) is 12.1 Å². The van der Waals surface area contributed by atoms with Crippen molar-refractivity contribution in [1.29, 1.82) is 0 Å². The fourth-order valence-corrected chi connectivity index (χ4v) is 2.68. The Hall–Kier alpha value is -2.56. The molecule has 0 aliphatic heterocycles. The summed E-state index contributed by atoms with van der Waals surface area (Å²) in [6.07, 6.45) is -0.896. The summed E-state index contributed by atoms with van der Waals surface area (Å²) in [6, 6.07) is 21.7. The topological polar surface area (TPSA) is 32.3 Å². The summed E-state index contributed by atoms with van der Waals surface area (Å²) in [6.45, 7) is 0.821. The Labute approximate surface area is 145 Å². The normalized spacial score (nSPS) is 12.1. The van der Waals surface area contributed by atoms with E-state index >= 15 is 0 Å². The third-order valence-electron chi connectivity index (χ3n) is 4.03. The maximum Gasteiger partial charge on any atom is 0.159 e. The predicted octanol–water partition coefficient (Wildman–Crippen LogP) is 4.46. The summed E-state index contributed by atoms with van der Waals surface area (Å²) >= 11 is 0. The lowest BCUT2D eigenvalue weighted by Gasteiger charge is -2.13. The third-order valence-corrected chi connectivity index (χ3v) is 4.03. The van der Waals surface area contributed by atoms with Gasteiger partial charge in [-0.15, -0.1) is 0 Å². The molecule has 0 heterocycles. The van der Waals surface area contributed by atoms with Gasteiger partial charge in [0.1, 0.15) is 0 Å². The third kappa shape index (κ3) is 4.50. The smallest absolute Gasteiger partial charge is 0.159 e. The molecular formula is C21H19F2NO. The first kappa shape index (κ1) is 17.3. The standard InChI is InChI=1S/C21H19F2NO/c22-19-10-9-18(12-20(19)23)21(25)14-24-13-15-5-4-8-17(11-15)16-6-2-1-3-7-16/h1-12,21,24-25H,13-14H2. The fraction of sp³-hybridized carbons (Fsp3) is 0.143. The lowest BCUT2D eigenvalue weighted by atomic mass is 10.0. The molecule has 0 amide bonds. The van der Waals surface area contributed by atoms with Crippen molar-refractivity contribution < 1.29 is 13.9 Å². The minimum Gasteiger partial charge on any atom is -0.387 e. The van der Waals surface area contributed by atoms with Gasteiger partial charge in [0.25, 0.3) is 0 Å². The zero-order chi connectivity index (χ0) is 17.6. The van der Waals surface area contributed by atoms with Gasteiger partial charge in [-0.1, -0.05) is 54.6 Å². The highest BCUT2D eigenvalue weighted by molar-refractivity contribution is 5.63. The molecule has 3 aromatic rings. The maximum atomic E-state index is 13.2. The van der Waals surface area contributed by atoms with Crippen LogP contribution in [0.15, 0.2) is 72.8 Å². The molecule has 0 radical (unpaired) electrons. The highest BCUT2D eigenvalue weighted by atomic mass is 19.2. The van der Waals surface area contributed by atoms with Crippen LogP contribution < -0.4 is 5.32 Å². The first-order chi connectivity index (χ1) is 12.1. The number of aliphatic hydroxyl groups is 1. The molecule has 0 bridgehead atoms. The van der Waals surface area contributed by atoms with Gasteiger partial charge in [0.05, 0.1) is 6.10 Å². The van der Waals surface area contributed by atoms with E-state index in [-0.39, 0.29) is 6.54 Å². The summed E-state index contributed by atoms with van der Waals surface area (Å²) in [7, 11) is 0. The van der Waals surface area contributed by atoms with Crippen molar-refractivity contribution in [2.45, 2.75) is 12.6 Å². The average molecular weight is 339 g/mol. The van der Waals surface area contributed by atoms with Crippen molar-refractivity contribution in [3.05, 3.63) is 95.6 Å². The van der Waals surface area contributed by atoms with Crippen molar-refractivity contribution in [3.8, 4) is 11.1 Å². The highest BCUT2D eigenvalue weighted by Gasteiger charge is 2.10. The molecule has 0 aromatic heterocycles. The molecule has 2 N–H and O–H groups in total. The number of nitrogens with one attached hydrogen (secondary N) is 1. The van der Waals surface area contributed by atoms with Crippen molar-refractivity contribution in [2.24, 2.45) is 0 Å². The molecule has 3 aromatic carbocycles. The van der Waals surface area contributed by atoms with Crippen LogP contribution in [0.1, 0.15) is 17.2 Å². The van der Waals surface area contributed by atoms with E-state index in [1.807, 2.05) is 30.3 Å². The molecular weight excluding hydrogens is 320 g/mol. The van der Waals surface area contributed by atoms with Gasteiger partial charge in [-0.2, -0.15) is 0 Å². The van der Waals surface area contributed by atoms with E-state index in [1.54, 1.807) is 0 Å². The summed E-state index contributed by atoms with van der Waals surface area (Å²) in [5.74, 6) is -1.87. The van der Waals surface area contributed by atoms with Gasteiger partial charge in [-0.3, -0.25) is 0 Å². The van der Waals surface area contributed by atoms with E-state index in [1.165, 1.54) is 6.07 Å². The van der Waals surface area contributed by atoms with Crippen LogP contribution in [0, 0.1) is 11.6 Å². The summed E-state index contributed by atoms with van der Waals surface area (Å²) < 4.78 is 26.2. The molecule has 0 aliphatic rings. The molecule has 0 saturated carbocycles. The fourth-order valence-electron chi connectivity index (χ4n) is 2.68. The van der Waals surface area contributed by atoms with Crippen molar-refractivity contribution >= 4 is 0 Å². The predicted molar refractivity (Wildman–Crippen MR) is 94.9 cm³/mol. The summed E-state index contributed by atoms with van der Waals surface area (Å²) in [5.41, 5.74) is 3.70. The second-order valence-electron chi connectivity index (χ2n) is 5.89. The first-order valence-corrected chi connectivity index (χ1v) is 8.11. The quantitative estimate of drug-likeness (QED) is 0.695. The van der Waals surface area contributed by atoms with Gasteiger partial charge >= 0.3 is 0 Å². The second kappa shape index (κ2) is 8.01. The minimum absolute atomic E-state index is 0.251.